The molecule has 80 valence electrons. The van der Waals surface area contributed by atoms with Gasteiger partial charge in [-0.05, 0) is 30.7 Å². The molecule has 1 rings (SSSR count). The maximum atomic E-state index is 9.45. The van der Waals surface area contributed by atoms with Crippen molar-refractivity contribution in [2.24, 2.45) is 0 Å². The lowest BCUT2D eigenvalue weighted by Crippen LogP contribution is -2.17. The van der Waals surface area contributed by atoms with E-state index in [2.05, 4.69) is 5.92 Å². The van der Waals surface area contributed by atoms with Crippen LogP contribution >= 0.6 is 11.6 Å². The second kappa shape index (κ2) is 6.34. The Hall–Kier alpha value is -1.17. The molecule has 0 bridgehead atoms. The van der Waals surface area contributed by atoms with E-state index < -0.39 is 6.10 Å². The lowest BCUT2D eigenvalue weighted by molar-refractivity contribution is 0.101. The number of hydrogen-bond acceptors (Lipinski definition) is 2. The average Bonchev–Trinajstić information content (AvgIpc) is 2.25. The van der Waals surface area contributed by atoms with Crippen LogP contribution in [0.4, 0.5) is 0 Å². The molecule has 0 aliphatic carbocycles. The zero-order valence-electron chi connectivity index (χ0n) is 8.32. The fourth-order valence-corrected chi connectivity index (χ4v) is 1.18. The summed E-state index contributed by atoms with van der Waals surface area (Å²) in [5, 5.41) is 10.1. The minimum atomic E-state index is -0.517. The maximum Gasteiger partial charge on any atom is 0.119 e. The van der Waals surface area contributed by atoms with Crippen LogP contribution in [0.15, 0.2) is 24.3 Å². The Bertz CT molecular complexity index is 326. The maximum absolute atomic E-state index is 9.45. The normalized spacial score (nSPS) is 11.8. The van der Waals surface area contributed by atoms with Gasteiger partial charge in [-0.15, -0.1) is 12.3 Å². The van der Waals surface area contributed by atoms with Crippen molar-refractivity contribution in [1.82, 2.24) is 0 Å². The van der Waals surface area contributed by atoms with Crippen molar-refractivity contribution in [2.45, 2.75) is 18.9 Å². The van der Waals surface area contributed by atoms with Crippen LogP contribution in [0.25, 0.3) is 0 Å². The monoisotopic (exact) mass is 224 g/mol. The van der Waals surface area contributed by atoms with Crippen LogP contribution in [-0.2, 0) is 0 Å². The number of benzene rings is 1. The molecule has 1 atom stereocenters. The molecule has 15 heavy (non-hydrogen) atoms. The van der Waals surface area contributed by atoms with E-state index in [1.165, 1.54) is 0 Å². The van der Waals surface area contributed by atoms with Crippen LogP contribution in [0.2, 0.25) is 5.02 Å². The van der Waals surface area contributed by atoms with E-state index in [1.807, 2.05) is 0 Å². The lowest BCUT2D eigenvalue weighted by atomic mass is 10.2. The van der Waals surface area contributed by atoms with Crippen molar-refractivity contribution >= 4 is 11.6 Å². The molecule has 3 heteroatoms. The SMILES string of the molecule is C#CCCC(O)COc1ccc(Cl)cc1. The first kappa shape index (κ1) is 11.9. The highest BCUT2D eigenvalue weighted by molar-refractivity contribution is 6.30. The smallest absolute Gasteiger partial charge is 0.119 e. The number of rotatable bonds is 5. The number of halogens is 1. The molecule has 0 aliphatic heterocycles. The highest BCUT2D eigenvalue weighted by Crippen LogP contribution is 2.15. The van der Waals surface area contributed by atoms with Crippen molar-refractivity contribution in [3.8, 4) is 18.1 Å². The Morgan fingerprint density at radius 3 is 2.67 bits per heavy atom. The van der Waals surface area contributed by atoms with E-state index in [0.717, 1.165) is 0 Å². The molecule has 0 aliphatic rings. The molecule has 1 aromatic rings. The number of aliphatic hydroxyl groups excluding tert-OH is 1. The standard InChI is InChI=1S/C12H13ClO2/c1-2-3-4-11(14)9-15-12-7-5-10(13)6-8-12/h1,5-8,11,14H,3-4,9H2. The molecule has 0 amide bonds. The van der Waals surface area contributed by atoms with Gasteiger partial charge in [0, 0.05) is 11.4 Å². The van der Waals surface area contributed by atoms with Crippen LogP contribution in [0, 0.1) is 12.3 Å². The minimum Gasteiger partial charge on any atom is -0.491 e. The van der Waals surface area contributed by atoms with Crippen molar-refractivity contribution in [3.05, 3.63) is 29.3 Å². The Morgan fingerprint density at radius 1 is 1.40 bits per heavy atom. The molecule has 0 fully saturated rings. The minimum absolute atomic E-state index is 0.253. The van der Waals surface area contributed by atoms with E-state index >= 15 is 0 Å². The second-order valence-corrected chi connectivity index (χ2v) is 3.60. The first-order valence-corrected chi connectivity index (χ1v) is 5.10. The fraction of sp³-hybridized carbons (Fsp3) is 0.333. The first-order valence-electron chi connectivity index (χ1n) is 4.72. The third-order valence-corrected chi connectivity index (χ3v) is 2.13. The van der Waals surface area contributed by atoms with E-state index in [9.17, 15) is 5.11 Å². The molecule has 1 N–H and O–H groups in total. The number of terminal acetylenes is 1. The van der Waals surface area contributed by atoms with Gasteiger partial charge in [0.2, 0.25) is 0 Å². The van der Waals surface area contributed by atoms with Gasteiger partial charge in [-0.25, -0.2) is 0 Å². The van der Waals surface area contributed by atoms with Gasteiger partial charge in [-0.1, -0.05) is 11.6 Å². The topological polar surface area (TPSA) is 29.5 Å². The van der Waals surface area contributed by atoms with Gasteiger partial charge in [-0.2, -0.15) is 0 Å². The molecule has 1 unspecified atom stereocenters. The zero-order chi connectivity index (χ0) is 11.1. The largest absolute Gasteiger partial charge is 0.491 e. The van der Waals surface area contributed by atoms with Gasteiger partial charge in [-0.3, -0.25) is 0 Å². The Morgan fingerprint density at radius 2 is 2.07 bits per heavy atom. The van der Waals surface area contributed by atoms with Gasteiger partial charge in [0.15, 0.2) is 0 Å². The summed E-state index contributed by atoms with van der Waals surface area (Å²) >= 11 is 5.72. The Kier molecular flexibility index (Phi) is 5.03. The van der Waals surface area contributed by atoms with E-state index in [1.54, 1.807) is 24.3 Å². The van der Waals surface area contributed by atoms with Gasteiger partial charge in [0.1, 0.15) is 12.4 Å². The molecule has 2 nitrogen and oxygen atoms in total. The summed E-state index contributed by atoms with van der Waals surface area (Å²) in [5.41, 5.74) is 0. The van der Waals surface area contributed by atoms with Gasteiger partial charge in [0.05, 0.1) is 6.10 Å². The van der Waals surface area contributed by atoms with Crippen molar-refractivity contribution in [3.63, 3.8) is 0 Å². The van der Waals surface area contributed by atoms with Crippen LogP contribution in [0.5, 0.6) is 5.75 Å². The van der Waals surface area contributed by atoms with Crippen LogP contribution in [0.1, 0.15) is 12.8 Å². The summed E-state index contributed by atoms with van der Waals surface area (Å²) in [6.07, 6.45) is 5.69. The van der Waals surface area contributed by atoms with Crippen molar-refractivity contribution in [1.29, 1.82) is 0 Å². The van der Waals surface area contributed by atoms with Crippen molar-refractivity contribution < 1.29 is 9.84 Å². The summed E-state index contributed by atoms with van der Waals surface area (Å²) in [6, 6.07) is 7.00. The van der Waals surface area contributed by atoms with Crippen LogP contribution < -0.4 is 4.74 Å². The molecule has 0 saturated heterocycles. The predicted octanol–water partition coefficient (Wildman–Crippen LogP) is 2.49. The quantitative estimate of drug-likeness (QED) is 0.779. The average molecular weight is 225 g/mol. The number of hydrogen-bond donors (Lipinski definition) is 1. The van der Waals surface area contributed by atoms with E-state index in [0.29, 0.717) is 23.6 Å². The molecule has 0 heterocycles. The fourth-order valence-electron chi connectivity index (χ4n) is 1.06. The van der Waals surface area contributed by atoms with Gasteiger partial charge < -0.3 is 9.84 Å². The third-order valence-electron chi connectivity index (χ3n) is 1.88. The molecule has 0 spiro atoms. The lowest BCUT2D eigenvalue weighted by Gasteiger charge is -2.10. The molecular weight excluding hydrogens is 212 g/mol. The highest BCUT2D eigenvalue weighted by atomic mass is 35.5. The molecule has 0 aromatic heterocycles. The molecular formula is C12H13ClO2. The predicted molar refractivity (Wildman–Crippen MR) is 61.0 cm³/mol. The molecule has 0 saturated carbocycles. The highest BCUT2D eigenvalue weighted by Gasteiger charge is 2.03. The van der Waals surface area contributed by atoms with Gasteiger partial charge >= 0.3 is 0 Å². The summed E-state index contributed by atoms with van der Waals surface area (Å²) in [4.78, 5) is 0. The Balaban J connectivity index is 2.31. The van der Waals surface area contributed by atoms with Gasteiger partial charge in [0.25, 0.3) is 0 Å². The summed E-state index contributed by atoms with van der Waals surface area (Å²) in [6.45, 7) is 0.253. The summed E-state index contributed by atoms with van der Waals surface area (Å²) < 4.78 is 5.34. The van der Waals surface area contributed by atoms with Crippen LogP contribution in [-0.4, -0.2) is 17.8 Å². The molecule has 1 aromatic carbocycles. The first-order chi connectivity index (χ1) is 7.22. The number of ether oxygens (including phenoxy) is 1. The second-order valence-electron chi connectivity index (χ2n) is 3.16. The third kappa shape index (κ3) is 4.73. The van der Waals surface area contributed by atoms with Crippen LogP contribution in [0.3, 0.4) is 0 Å². The number of aliphatic hydroxyl groups is 1. The Labute approximate surface area is 94.8 Å². The van der Waals surface area contributed by atoms with E-state index in [-0.39, 0.29) is 6.61 Å². The zero-order valence-corrected chi connectivity index (χ0v) is 9.07. The van der Waals surface area contributed by atoms with E-state index in [4.69, 9.17) is 22.8 Å². The summed E-state index contributed by atoms with van der Waals surface area (Å²) in [5.74, 6) is 3.16. The van der Waals surface area contributed by atoms with Crippen molar-refractivity contribution in [2.75, 3.05) is 6.61 Å². The molecule has 0 radical (unpaired) electrons. The summed E-state index contributed by atoms with van der Waals surface area (Å²) in [7, 11) is 0.